The topological polar surface area (TPSA) is 79.8 Å². The Morgan fingerprint density at radius 3 is 2.67 bits per heavy atom. The van der Waals surface area contributed by atoms with Gasteiger partial charge in [0.05, 0.1) is 22.6 Å². The van der Waals surface area contributed by atoms with Crippen molar-refractivity contribution < 1.29 is 13.6 Å². The van der Waals surface area contributed by atoms with Gasteiger partial charge in [-0.25, -0.2) is 4.98 Å². The van der Waals surface area contributed by atoms with Gasteiger partial charge in [-0.3, -0.25) is 14.2 Å². The Morgan fingerprint density at radius 1 is 1.25 bits per heavy atom. The van der Waals surface area contributed by atoms with E-state index in [4.69, 9.17) is 0 Å². The number of rotatable bonds is 4. The largest absolute Gasteiger partial charge is 0.342 e. The summed E-state index contributed by atoms with van der Waals surface area (Å²) in [6.07, 6.45) is 1.26. The molecule has 1 atom stereocenters. The second-order valence-electron chi connectivity index (χ2n) is 5.24. The maximum atomic E-state index is 13.4. The van der Waals surface area contributed by atoms with Gasteiger partial charge in [0.1, 0.15) is 5.82 Å². The minimum atomic E-state index is -2.78. The van der Waals surface area contributed by atoms with Crippen LogP contribution >= 0.6 is 0 Å². The highest BCUT2D eigenvalue weighted by Gasteiger charge is 2.23. The van der Waals surface area contributed by atoms with Gasteiger partial charge in [-0.05, 0) is 25.1 Å². The maximum Gasteiger partial charge on any atom is 0.320 e. The molecule has 0 aliphatic carbocycles. The Hall–Kier alpha value is -3.03. The smallest absolute Gasteiger partial charge is 0.320 e. The third-order valence-corrected chi connectivity index (χ3v) is 3.60. The van der Waals surface area contributed by atoms with Crippen LogP contribution in [0.25, 0.3) is 11.0 Å². The number of fused-ring (bicyclic) bond motifs is 1. The van der Waals surface area contributed by atoms with E-state index in [1.165, 1.54) is 18.3 Å². The lowest BCUT2D eigenvalue weighted by Crippen LogP contribution is -2.29. The number of hydrogen-bond donors (Lipinski definition) is 2. The van der Waals surface area contributed by atoms with E-state index in [9.17, 15) is 18.4 Å². The number of carbonyl (C=O) groups is 1. The van der Waals surface area contributed by atoms with Crippen LogP contribution in [0.2, 0.25) is 0 Å². The molecule has 3 aromatic rings. The number of aromatic nitrogens is 3. The fourth-order valence-corrected chi connectivity index (χ4v) is 2.47. The highest BCUT2D eigenvalue weighted by atomic mass is 19.3. The van der Waals surface area contributed by atoms with Crippen LogP contribution in [0.3, 0.4) is 0 Å². The Morgan fingerprint density at radius 2 is 2.00 bits per heavy atom. The van der Waals surface area contributed by atoms with Gasteiger partial charge >= 0.3 is 6.55 Å². The summed E-state index contributed by atoms with van der Waals surface area (Å²) in [5.41, 5.74) is 0.617. The number of halogens is 2. The molecule has 2 heterocycles. The second-order valence-corrected chi connectivity index (χ2v) is 5.24. The van der Waals surface area contributed by atoms with E-state index >= 15 is 0 Å². The quantitative estimate of drug-likeness (QED) is 0.771. The minimum absolute atomic E-state index is 0.0592. The molecule has 8 heteroatoms. The van der Waals surface area contributed by atoms with Crippen molar-refractivity contribution in [1.29, 1.82) is 0 Å². The van der Waals surface area contributed by atoms with E-state index in [1.807, 2.05) is 0 Å². The molecule has 3 rings (SSSR count). The number of aromatic amines is 1. The first-order chi connectivity index (χ1) is 11.5. The number of nitrogens with one attached hydrogen (secondary N) is 2. The molecule has 24 heavy (non-hydrogen) atoms. The van der Waals surface area contributed by atoms with Crippen LogP contribution in [-0.4, -0.2) is 20.4 Å². The number of para-hydroxylation sites is 2. The summed E-state index contributed by atoms with van der Waals surface area (Å²) in [4.78, 5) is 29.8. The lowest BCUT2D eigenvalue weighted by atomic mass is 10.2. The fraction of sp³-hybridized carbons (Fsp3) is 0.188. The zero-order valence-corrected chi connectivity index (χ0v) is 12.7. The highest BCUT2D eigenvalue weighted by Crippen LogP contribution is 2.26. The summed E-state index contributed by atoms with van der Waals surface area (Å²) >= 11 is 0. The number of nitrogens with zero attached hydrogens (tertiary/aromatic N) is 2. The number of pyridine rings is 1. The van der Waals surface area contributed by atoms with Gasteiger partial charge in [-0.2, -0.15) is 8.78 Å². The summed E-state index contributed by atoms with van der Waals surface area (Å²) in [6.45, 7) is -1.20. The van der Waals surface area contributed by atoms with Crippen LogP contribution in [-0.2, 0) is 0 Å². The van der Waals surface area contributed by atoms with Crippen molar-refractivity contribution in [1.82, 2.24) is 19.9 Å². The zero-order valence-electron chi connectivity index (χ0n) is 12.7. The molecule has 6 nitrogen and oxygen atoms in total. The predicted octanol–water partition coefficient (Wildman–Crippen LogP) is 2.61. The van der Waals surface area contributed by atoms with E-state index < -0.39 is 18.5 Å². The molecular weight excluding hydrogens is 318 g/mol. The first kappa shape index (κ1) is 15.9. The van der Waals surface area contributed by atoms with Crippen LogP contribution in [0.5, 0.6) is 0 Å². The summed E-state index contributed by atoms with van der Waals surface area (Å²) in [5, 5.41) is 2.61. The van der Waals surface area contributed by atoms with Gasteiger partial charge in [-0.15, -0.1) is 0 Å². The standard InChI is InChI=1S/C16H14F2N4O2/c1-9(20-15(24)10-6-7-13(23)19-8-10)14-21-11-4-2-3-5-12(11)22(14)16(17)18/h2-9,16H,1H3,(H,19,23)(H,20,24). The molecule has 2 aromatic heterocycles. The molecule has 1 aromatic carbocycles. The van der Waals surface area contributed by atoms with Crippen LogP contribution in [0.4, 0.5) is 8.78 Å². The molecule has 0 aliphatic heterocycles. The molecule has 0 saturated carbocycles. The average molecular weight is 332 g/mol. The van der Waals surface area contributed by atoms with Crippen molar-refractivity contribution in [3.8, 4) is 0 Å². The molecule has 2 N–H and O–H groups in total. The van der Waals surface area contributed by atoms with E-state index in [1.54, 1.807) is 31.2 Å². The van der Waals surface area contributed by atoms with E-state index in [0.29, 0.717) is 11.0 Å². The zero-order chi connectivity index (χ0) is 17.3. The van der Waals surface area contributed by atoms with Crippen molar-refractivity contribution >= 4 is 16.9 Å². The first-order valence-corrected chi connectivity index (χ1v) is 7.22. The Balaban J connectivity index is 1.92. The molecule has 0 aliphatic rings. The number of amides is 1. The van der Waals surface area contributed by atoms with Crippen molar-refractivity contribution in [3.63, 3.8) is 0 Å². The minimum Gasteiger partial charge on any atom is -0.342 e. The maximum absolute atomic E-state index is 13.4. The van der Waals surface area contributed by atoms with Gasteiger partial charge in [-0.1, -0.05) is 12.1 Å². The average Bonchev–Trinajstić information content (AvgIpc) is 2.95. The normalized spacial score (nSPS) is 12.5. The molecule has 1 unspecified atom stereocenters. The predicted molar refractivity (Wildman–Crippen MR) is 83.9 cm³/mol. The Kier molecular flexibility index (Phi) is 4.11. The molecule has 124 valence electrons. The number of H-pyrrole nitrogens is 1. The van der Waals surface area contributed by atoms with Crippen molar-refractivity contribution in [3.05, 3.63) is 64.3 Å². The molecule has 0 fully saturated rings. The molecule has 0 spiro atoms. The molecule has 0 radical (unpaired) electrons. The molecular formula is C16H14F2N4O2. The number of hydrogen-bond acceptors (Lipinski definition) is 3. The van der Waals surface area contributed by atoms with Gasteiger partial charge in [0.15, 0.2) is 0 Å². The molecule has 0 saturated heterocycles. The summed E-state index contributed by atoms with van der Waals surface area (Å²) in [7, 11) is 0. The highest BCUT2D eigenvalue weighted by molar-refractivity contribution is 5.94. The van der Waals surface area contributed by atoms with Crippen molar-refractivity contribution in [2.24, 2.45) is 0 Å². The van der Waals surface area contributed by atoms with Crippen LogP contribution in [0.1, 0.15) is 35.7 Å². The number of carbonyl (C=O) groups excluding carboxylic acids is 1. The van der Waals surface area contributed by atoms with Crippen molar-refractivity contribution in [2.75, 3.05) is 0 Å². The van der Waals surface area contributed by atoms with Crippen molar-refractivity contribution in [2.45, 2.75) is 19.5 Å². The van der Waals surface area contributed by atoms with E-state index in [2.05, 4.69) is 15.3 Å². The van der Waals surface area contributed by atoms with Crippen LogP contribution in [0, 0.1) is 0 Å². The number of alkyl halides is 2. The fourth-order valence-electron chi connectivity index (χ4n) is 2.47. The van der Waals surface area contributed by atoms with Gasteiger partial charge in [0, 0.05) is 12.3 Å². The van der Waals surface area contributed by atoms with Crippen LogP contribution in [0.15, 0.2) is 47.4 Å². The van der Waals surface area contributed by atoms with Crippen LogP contribution < -0.4 is 10.9 Å². The van der Waals surface area contributed by atoms with E-state index in [-0.39, 0.29) is 16.9 Å². The lowest BCUT2D eigenvalue weighted by Gasteiger charge is -2.15. The summed E-state index contributed by atoms with van der Waals surface area (Å²) < 4.78 is 27.7. The molecule has 1 amide bonds. The number of imidazole rings is 1. The molecule has 0 bridgehead atoms. The Labute approximate surface area is 135 Å². The summed E-state index contributed by atoms with van der Waals surface area (Å²) in [5.74, 6) is -0.435. The third-order valence-electron chi connectivity index (χ3n) is 3.60. The monoisotopic (exact) mass is 332 g/mol. The van der Waals surface area contributed by atoms with E-state index in [0.717, 1.165) is 4.57 Å². The Bertz CT molecular complexity index is 928. The third kappa shape index (κ3) is 2.90. The van der Waals surface area contributed by atoms with Gasteiger partial charge in [0.2, 0.25) is 5.56 Å². The van der Waals surface area contributed by atoms with Gasteiger partial charge in [0.25, 0.3) is 5.91 Å². The van der Waals surface area contributed by atoms with Gasteiger partial charge < -0.3 is 10.3 Å². The first-order valence-electron chi connectivity index (χ1n) is 7.22. The number of benzene rings is 1. The second kappa shape index (κ2) is 6.23. The summed E-state index contributed by atoms with van der Waals surface area (Å²) in [6, 6.07) is 8.37. The SMILES string of the molecule is CC(NC(=O)c1ccc(=O)[nH]c1)c1nc2ccccc2n1C(F)F. The lowest BCUT2D eigenvalue weighted by molar-refractivity contribution is 0.0688.